The summed E-state index contributed by atoms with van der Waals surface area (Å²) in [5.74, 6) is 0. The molecule has 2 aliphatic rings. The number of rotatable bonds is 1. The summed E-state index contributed by atoms with van der Waals surface area (Å²) in [4.78, 5) is 2.65. The molecule has 3 rings (SSSR count). The Morgan fingerprint density at radius 2 is 2.12 bits per heavy atom. The van der Waals surface area contributed by atoms with Crippen molar-refractivity contribution in [1.29, 1.82) is 0 Å². The Morgan fingerprint density at radius 1 is 1.24 bits per heavy atom. The van der Waals surface area contributed by atoms with E-state index in [4.69, 9.17) is 0 Å². The van der Waals surface area contributed by atoms with Crippen LogP contribution in [0, 0.1) is 13.8 Å². The third kappa shape index (κ3) is 1.95. The van der Waals surface area contributed by atoms with Gasteiger partial charge in [0.05, 0.1) is 0 Å². The van der Waals surface area contributed by atoms with Crippen LogP contribution in [0.2, 0.25) is 0 Å². The summed E-state index contributed by atoms with van der Waals surface area (Å²) in [5, 5.41) is 3.67. The van der Waals surface area contributed by atoms with Crippen molar-refractivity contribution in [2.75, 3.05) is 18.0 Å². The van der Waals surface area contributed by atoms with Gasteiger partial charge in [-0.05, 0) is 50.3 Å². The Morgan fingerprint density at radius 3 is 3.00 bits per heavy atom. The molecular formula is C15H22N2. The normalized spacial score (nSPS) is 28.2. The van der Waals surface area contributed by atoms with Crippen LogP contribution in [0.25, 0.3) is 0 Å². The molecule has 0 spiro atoms. The van der Waals surface area contributed by atoms with Gasteiger partial charge in [-0.25, -0.2) is 0 Å². The van der Waals surface area contributed by atoms with E-state index in [0.29, 0.717) is 0 Å². The van der Waals surface area contributed by atoms with E-state index in [0.717, 1.165) is 25.2 Å². The highest BCUT2D eigenvalue weighted by Crippen LogP contribution is 2.32. The second kappa shape index (κ2) is 4.34. The van der Waals surface area contributed by atoms with Crippen LogP contribution in [-0.4, -0.2) is 25.2 Å². The molecule has 2 atom stereocenters. The third-order valence-corrected chi connectivity index (χ3v) is 4.31. The molecule has 1 aliphatic heterocycles. The van der Waals surface area contributed by atoms with E-state index in [1.165, 1.54) is 36.1 Å². The molecule has 0 radical (unpaired) electrons. The van der Waals surface area contributed by atoms with E-state index in [1.54, 1.807) is 0 Å². The maximum absolute atomic E-state index is 3.67. The van der Waals surface area contributed by atoms with E-state index < -0.39 is 0 Å². The Bertz CT molecular complexity index is 413. The quantitative estimate of drug-likeness (QED) is 0.798. The van der Waals surface area contributed by atoms with Crippen molar-refractivity contribution in [3.63, 3.8) is 0 Å². The first kappa shape index (κ1) is 11.1. The molecule has 17 heavy (non-hydrogen) atoms. The fourth-order valence-corrected chi connectivity index (χ4v) is 3.42. The van der Waals surface area contributed by atoms with E-state index in [9.17, 15) is 0 Å². The van der Waals surface area contributed by atoms with Crippen LogP contribution in [0.3, 0.4) is 0 Å². The molecule has 1 heterocycles. The fraction of sp³-hybridized carbons (Fsp3) is 0.600. The molecule has 0 aromatic heterocycles. The van der Waals surface area contributed by atoms with Crippen LogP contribution in [0.15, 0.2) is 18.2 Å². The average molecular weight is 230 g/mol. The maximum Gasteiger partial charge on any atom is 0.0443 e. The van der Waals surface area contributed by atoms with Crippen LogP contribution in [-0.2, 0) is 0 Å². The standard InChI is InChI=1S/C15H22N2/c1-11-6-7-12(2)15(10-11)17-9-8-16-13-4-3-5-14(13)17/h6-7,10,13-14,16H,3-5,8-9H2,1-2H3/t13-,14+/m1/s1. The van der Waals surface area contributed by atoms with Crippen LogP contribution in [0.5, 0.6) is 0 Å². The first-order valence-corrected chi connectivity index (χ1v) is 6.83. The van der Waals surface area contributed by atoms with Crippen molar-refractivity contribution >= 4 is 5.69 Å². The lowest BCUT2D eigenvalue weighted by Crippen LogP contribution is -2.55. The largest absolute Gasteiger partial charge is 0.365 e. The lowest BCUT2D eigenvalue weighted by molar-refractivity contribution is 0.403. The summed E-state index contributed by atoms with van der Waals surface area (Å²) in [6, 6.07) is 8.28. The number of anilines is 1. The monoisotopic (exact) mass is 230 g/mol. The minimum atomic E-state index is 0.726. The third-order valence-electron chi connectivity index (χ3n) is 4.31. The van der Waals surface area contributed by atoms with E-state index in [1.807, 2.05) is 0 Å². The van der Waals surface area contributed by atoms with E-state index in [-0.39, 0.29) is 0 Å². The maximum atomic E-state index is 3.67. The smallest absolute Gasteiger partial charge is 0.0443 e. The van der Waals surface area contributed by atoms with Gasteiger partial charge in [-0.1, -0.05) is 12.1 Å². The molecule has 2 fully saturated rings. The van der Waals surface area contributed by atoms with Crippen molar-refractivity contribution < 1.29 is 0 Å². The van der Waals surface area contributed by atoms with Crippen molar-refractivity contribution in [3.05, 3.63) is 29.3 Å². The molecule has 2 nitrogen and oxygen atoms in total. The van der Waals surface area contributed by atoms with Crippen molar-refractivity contribution in [3.8, 4) is 0 Å². The second-order valence-corrected chi connectivity index (χ2v) is 5.54. The molecular weight excluding hydrogens is 208 g/mol. The molecule has 1 saturated carbocycles. The number of nitrogens with one attached hydrogen (secondary N) is 1. The molecule has 1 aromatic rings. The van der Waals surface area contributed by atoms with Crippen molar-refractivity contribution in [2.24, 2.45) is 0 Å². The minimum absolute atomic E-state index is 0.726. The SMILES string of the molecule is Cc1ccc(C)c(N2CCN[C@@H]3CCC[C@@H]32)c1. The number of hydrogen-bond donors (Lipinski definition) is 1. The Hall–Kier alpha value is -1.02. The van der Waals surface area contributed by atoms with Crippen molar-refractivity contribution in [2.45, 2.75) is 45.2 Å². The zero-order chi connectivity index (χ0) is 11.8. The van der Waals surface area contributed by atoms with E-state index in [2.05, 4.69) is 42.3 Å². The number of nitrogens with zero attached hydrogens (tertiary/aromatic N) is 1. The highest BCUT2D eigenvalue weighted by molar-refractivity contribution is 5.56. The van der Waals surface area contributed by atoms with Gasteiger partial charge in [0, 0.05) is 30.9 Å². The predicted octanol–water partition coefficient (Wildman–Crippen LogP) is 2.63. The summed E-state index contributed by atoms with van der Waals surface area (Å²) in [6.07, 6.45) is 4.08. The molecule has 1 saturated heterocycles. The van der Waals surface area contributed by atoms with Crippen LogP contribution < -0.4 is 10.2 Å². The zero-order valence-electron chi connectivity index (χ0n) is 10.9. The predicted molar refractivity (Wildman–Crippen MR) is 72.7 cm³/mol. The number of piperazine rings is 1. The molecule has 0 bridgehead atoms. The molecule has 0 unspecified atom stereocenters. The summed E-state index contributed by atoms with van der Waals surface area (Å²) >= 11 is 0. The zero-order valence-corrected chi connectivity index (χ0v) is 10.9. The van der Waals surface area contributed by atoms with Crippen LogP contribution in [0.4, 0.5) is 5.69 Å². The number of aryl methyl sites for hydroxylation is 2. The first-order valence-electron chi connectivity index (χ1n) is 6.83. The van der Waals surface area contributed by atoms with Gasteiger partial charge in [0.15, 0.2) is 0 Å². The molecule has 1 N–H and O–H groups in total. The first-order chi connectivity index (χ1) is 8.25. The lowest BCUT2D eigenvalue weighted by atomic mass is 10.0. The number of hydrogen-bond acceptors (Lipinski definition) is 2. The van der Waals surface area contributed by atoms with E-state index >= 15 is 0 Å². The number of fused-ring (bicyclic) bond motifs is 1. The van der Waals surface area contributed by atoms with Gasteiger partial charge in [0.2, 0.25) is 0 Å². The Labute approximate surface area is 104 Å². The van der Waals surface area contributed by atoms with Crippen molar-refractivity contribution in [1.82, 2.24) is 5.32 Å². The summed E-state index contributed by atoms with van der Waals surface area (Å²) in [6.45, 7) is 6.72. The molecule has 0 amide bonds. The van der Waals surface area contributed by atoms with Gasteiger partial charge < -0.3 is 10.2 Å². The van der Waals surface area contributed by atoms with Crippen LogP contribution in [0.1, 0.15) is 30.4 Å². The highest BCUT2D eigenvalue weighted by Gasteiger charge is 2.35. The van der Waals surface area contributed by atoms with Gasteiger partial charge in [-0.15, -0.1) is 0 Å². The van der Waals surface area contributed by atoms with Gasteiger partial charge in [0.1, 0.15) is 0 Å². The van der Waals surface area contributed by atoms with Gasteiger partial charge in [0.25, 0.3) is 0 Å². The highest BCUT2D eigenvalue weighted by atomic mass is 15.2. The second-order valence-electron chi connectivity index (χ2n) is 5.54. The van der Waals surface area contributed by atoms with Gasteiger partial charge >= 0.3 is 0 Å². The van der Waals surface area contributed by atoms with Crippen LogP contribution >= 0.6 is 0 Å². The van der Waals surface area contributed by atoms with Gasteiger partial charge in [-0.2, -0.15) is 0 Å². The average Bonchev–Trinajstić information content (AvgIpc) is 2.80. The Balaban J connectivity index is 1.94. The summed E-state index contributed by atoms with van der Waals surface area (Å²) < 4.78 is 0. The Kier molecular flexibility index (Phi) is 2.83. The molecule has 92 valence electrons. The topological polar surface area (TPSA) is 15.3 Å². The summed E-state index contributed by atoms with van der Waals surface area (Å²) in [5.41, 5.74) is 4.25. The molecule has 1 aromatic carbocycles. The molecule has 2 heteroatoms. The molecule has 1 aliphatic carbocycles. The minimum Gasteiger partial charge on any atom is -0.365 e. The number of benzene rings is 1. The van der Waals surface area contributed by atoms with Gasteiger partial charge in [-0.3, -0.25) is 0 Å². The lowest BCUT2D eigenvalue weighted by Gasteiger charge is -2.41. The summed E-state index contributed by atoms with van der Waals surface area (Å²) in [7, 11) is 0. The fourth-order valence-electron chi connectivity index (χ4n) is 3.42.